The summed E-state index contributed by atoms with van der Waals surface area (Å²) in [6, 6.07) is 12.1. The van der Waals surface area contributed by atoms with Crippen LogP contribution in [-0.2, 0) is 5.41 Å². The number of nitrogens with zero attached hydrogens (tertiary/aromatic N) is 1. The Hall–Kier alpha value is -2.86. The van der Waals surface area contributed by atoms with Crippen molar-refractivity contribution in [1.29, 1.82) is 0 Å². The van der Waals surface area contributed by atoms with Gasteiger partial charge in [-0.1, -0.05) is 26.0 Å². The molecule has 0 aliphatic heterocycles. The van der Waals surface area contributed by atoms with Crippen molar-refractivity contribution >= 4 is 6.08 Å². The fraction of sp³-hybridized carbons (Fsp3) is 0.481. The summed E-state index contributed by atoms with van der Waals surface area (Å²) in [6.45, 7) is 5.98. The van der Waals surface area contributed by atoms with Crippen LogP contribution < -0.4 is 24.7 Å². The van der Waals surface area contributed by atoms with Crippen LogP contribution in [0.4, 0.5) is 0 Å². The Kier molecular flexibility index (Phi) is 9.92. The van der Waals surface area contributed by atoms with Gasteiger partial charge >= 0.3 is 0 Å². The van der Waals surface area contributed by atoms with Gasteiger partial charge in [0.1, 0.15) is 0 Å². The lowest BCUT2D eigenvalue weighted by Crippen LogP contribution is -2.40. The second-order valence-electron chi connectivity index (χ2n) is 8.60. The van der Waals surface area contributed by atoms with Crippen molar-refractivity contribution in [1.82, 2.24) is 4.90 Å². The quantitative estimate of drug-likeness (QED) is 0.460. The molecule has 0 bridgehead atoms. The van der Waals surface area contributed by atoms with Crippen LogP contribution in [-0.4, -0.2) is 53.5 Å². The summed E-state index contributed by atoms with van der Waals surface area (Å²) in [6.07, 6.45) is 6.16. The zero-order valence-corrected chi connectivity index (χ0v) is 21.2. The zero-order chi connectivity index (χ0) is 24.4. The molecule has 0 radical (unpaired) electrons. The summed E-state index contributed by atoms with van der Waals surface area (Å²) in [4.78, 5) is 2.20. The fourth-order valence-electron chi connectivity index (χ4n) is 4.26. The van der Waals surface area contributed by atoms with Gasteiger partial charge in [0.2, 0.25) is 0 Å². The van der Waals surface area contributed by atoms with Crippen molar-refractivity contribution in [2.45, 2.75) is 32.1 Å². The number of methoxy groups -OCH3 is 4. The summed E-state index contributed by atoms with van der Waals surface area (Å²) in [5.41, 5.74) is 8.51. The lowest BCUT2D eigenvalue weighted by atomic mass is 9.68. The van der Waals surface area contributed by atoms with Crippen LogP contribution in [0.1, 0.15) is 37.8 Å². The predicted molar refractivity (Wildman–Crippen MR) is 136 cm³/mol. The van der Waals surface area contributed by atoms with E-state index in [4.69, 9.17) is 24.7 Å². The molecule has 6 nitrogen and oxygen atoms in total. The highest BCUT2D eigenvalue weighted by molar-refractivity contribution is 5.55. The summed E-state index contributed by atoms with van der Waals surface area (Å²) in [5.74, 6) is 3.31. The molecule has 1 unspecified atom stereocenters. The summed E-state index contributed by atoms with van der Waals surface area (Å²) >= 11 is 0. The molecule has 0 aliphatic carbocycles. The van der Waals surface area contributed by atoms with Gasteiger partial charge in [-0.15, -0.1) is 0 Å². The lowest BCUT2D eigenvalue weighted by Gasteiger charge is -2.38. The number of nitrogens with two attached hydrogens (primary N) is 1. The van der Waals surface area contributed by atoms with E-state index in [1.54, 1.807) is 28.4 Å². The highest BCUT2D eigenvalue weighted by atomic mass is 16.5. The van der Waals surface area contributed by atoms with Crippen molar-refractivity contribution in [3.05, 3.63) is 53.7 Å². The van der Waals surface area contributed by atoms with Crippen LogP contribution in [0.15, 0.2) is 42.6 Å². The molecule has 2 aromatic rings. The molecule has 1 atom stereocenters. The Morgan fingerprint density at radius 2 is 1.45 bits per heavy atom. The Labute approximate surface area is 199 Å². The molecule has 0 aliphatic rings. The first-order valence-corrected chi connectivity index (χ1v) is 11.4. The van der Waals surface area contributed by atoms with Gasteiger partial charge in [-0.05, 0) is 66.4 Å². The van der Waals surface area contributed by atoms with Gasteiger partial charge in [0.05, 0.1) is 28.4 Å². The molecule has 0 aromatic heterocycles. The molecule has 2 rings (SSSR count). The molecule has 182 valence electrons. The minimum absolute atomic E-state index is 0.131. The molecule has 0 spiro atoms. The molecule has 33 heavy (non-hydrogen) atoms. The molecule has 0 fully saturated rings. The molecule has 0 amide bonds. The third-order valence-corrected chi connectivity index (χ3v) is 6.49. The maximum Gasteiger partial charge on any atom is 0.161 e. The largest absolute Gasteiger partial charge is 0.493 e. The van der Waals surface area contributed by atoms with E-state index >= 15 is 0 Å². The van der Waals surface area contributed by atoms with E-state index < -0.39 is 0 Å². The Bertz CT molecular complexity index is 913. The van der Waals surface area contributed by atoms with Crippen LogP contribution in [0.2, 0.25) is 0 Å². The fourth-order valence-corrected chi connectivity index (χ4v) is 4.26. The first-order valence-electron chi connectivity index (χ1n) is 11.4. The van der Waals surface area contributed by atoms with E-state index in [1.165, 1.54) is 5.56 Å². The molecule has 0 saturated heterocycles. The molecule has 0 heterocycles. The van der Waals surface area contributed by atoms with E-state index in [9.17, 15) is 0 Å². The number of rotatable bonds is 13. The Morgan fingerprint density at radius 1 is 0.879 bits per heavy atom. The molecular weight excluding hydrogens is 416 g/mol. The van der Waals surface area contributed by atoms with Crippen LogP contribution in [0.3, 0.4) is 0 Å². The molecule has 2 aromatic carbocycles. The summed E-state index contributed by atoms with van der Waals surface area (Å²) in [7, 11) is 8.70. The van der Waals surface area contributed by atoms with Crippen LogP contribution in [0.25, 0.3) is 6.08 Å². The minimum Gasteiger partial charge on any atom is -0.493 e. The van der Waals surface area contributed by atoms with E-state index in [0.717, 1.165) is 47.9 Å². The van der Waals surface area contributed by atoms with Crippen molar-refractivity contribution < 1.29 is 18.9 Å². The van der Waals surface area contributed by atoms with Gasteiger partial charge in [0.15, 0.2) is 23.0 Å². The standard InChI is InChI=1S/C27H40N2O4/c1-20(2)27(19-28,22-10-12-24(31-5)26(18-22)33-7)14-8-15-29(3)16-13-21-9-11-23(30-4)25(17-21)32-6/h9-13,16-18,20H,8,14-15,19,28H2,1-7H3. The van der Waals surface area contributed by atoms with Crippen molar-refractivity contribution in [3.8, 4) is 23.0 Å². The van der Waals surface area contributed by atoms with Crippen molar-refractivity contribution in [3.63, 3.8) is 0 Å². The molecule has 2 N–H and O–H groups in total. The number of benzene rings is 2. The van der Waals surface area contributed by atoms with Gasteiger partial charge < -0.3 is 29.6 Å². The monoisotopic (exact) mass is 456 g/mol. The Morgan fingerprint density at radius 3 is 2.00 bits per heavy atom. The maximum absolute atomic E-state index is 6.38. The first-order chi connectivity index (χ1) is 15.8. The first kappa shape index (κ1) is 26.4. The average molecular weight is 457 g/mol. The van der Waals surface area contributed by atoms with Gasteiger partial charge in [-0.3, -0.25) is 0 Å². The van der Waals surface area contributed by atoms with Gasteiger partial charge in [-0.25, -0.2) is 0 Å². The van der Waals surface area contributed by atoms with E-state index in [-0.39, 0.29) is 5.41 Å². The normalized spacial score (nSPS) is 13.1. The van der Waals surface area contributed by atoms with Crippen LogP contribution in [0.5, 0.6) is 23.0 Å². The van der Waals surface area contributed by atoms with Crippen LogP contribution in [0, 0.1) is 5.92 Å². The van der Waals surface area contributed by atoms with E-state index in [0.29, 0.717) is 12.5 Å². The van der Waals surface area contributed by atoms with Gasteiger partial charge in [0.25, 0.3) is 0 Å². The summed E-state index contributed by atoms with van der Waals surface area (Å²) in [5, 5.41) is 0. The van der Waals surface area contributed by atoms with Crippen molar-refractivity contribution in [2.75, 3.05) is 48.6 Å². The lowest BCUT2D eigenvalue weighted by molar-refractivity contribution is 0.271. The third kappa shape index (κ3) is 6.35. The van der Waals surface area contributed by atoms with Crippen LogP contribution >= 0.6 is 0 Å². The highest BCUT2D eigenvalue weighted by Gasteiger charge is 2.34. The SMILES string of the molecule is COc1ccc(C=CN(C)CCCC(CN)(c2ccc(OC)c(OC)c2)C(C)C)cc1OC. The molecular formula is C27H40N2O4. The molecule has 0 saturated carbocycles. The number of hydrogen-bond donors (Lipinski definition) is 1. The highest BCUT2D eigenvalue weighted by Crippen LogP contribution is 2.40. The average Bonchev–Trinajstić information content (AvgIpc) is 2.84. The predicted octanol–water partition coefficient (Wildman–Crippen LogP) is 4.96. The number of ether oxygens (including phenoxy) is 4. The van der Waals surface area contributed by atoms with Crippen molar-refractivity contribution in [2.24, 2.45) is 11.7 Å². The van der Waals surface area contributed by atoms with E-state index in [2.05, 4.69) is 50.2 Å². The van der Waals surface area contributed by atoms with Gasteiger partial charge in [-0.2, -0.15) is 0 Å². The topological polar surface area (TPSA) is 66.2 Å². The van der Waals surface area contributed by atoms with Gasteiger partial charge in [0, 0.05) is 25.6 Å². The second kappa shape index (κ2) is 12.4. The summed E-state index contributed by atoms with van der Waals surface area (Å²) < 4.78 is 21.7. The second-order valence-corrected chi connectivity index (χ2v) is 8.60. The number of hydrogen-bond acceptors (Lipinski definition) is 6. The maximum atomic E-state index is 6.38. The van der Waals surface area contributed by atoms with E-state index in [1.807, 2.05) is 24.3 Å². The zero-order valence-electron chi connectivity index (χ0n) is 21.2. The molecule has 6 heteroatoms. The Balaban J connectivity index is 2.09. The smallest absolute Gasteiger partial charge is 0.161 e. The third-order valence-electron chi connectivity index (χ3n) is 6.49. The minimum atomic E-state index is -0.131.